The number of halogens is 2. The summed E-state index contributed by atoms with van der Waals surface area (Å²) in [6, 6.07) is 19.4. The zero-order valence-electron chi connectivity index (χ0n) is 17.8. The Bertz CT molecular complexity index is 1320. The Labute approximate surface area is 209 Å². The van der Waals surface area contributed by atoms with Crippen molar-refractivity contribution < 1.29 is 14.4 Å². The molecule has 1 aliphatic heterocycles. The fraction of sp³-hybridized carbons (Fsp3) is 0.0800. The highest BCUT2D eigenvalue weighted by molar-refractivity contribution is 14.1. The number of nitrogens with one attached hydrogen (secondary N) is 2. The van der Waals surface area contributed by atoms with Gasteiger partial charge in [0.1, 0.15) is 10.7 Å². The van der Waals surface area contributed by atoms with Gasteiger partial charge in [0.15, 0.2) is 0 Å². The molecule has 0 saturated heterocycles. The molecule has 8 heteroatoms. The number of carbonyl (C=O) groups is 3. The van der Waals surface area contributed by atoms with Crippen LogP contribution < -0.4 is 15.5 Å². The molecule has 0 spiro atoms. The second kappa shape index (κ2) is 9.36. The number of rotatable bonds is 5. The van der Waals surface area contributed by atoms with Crippen LogP contribution in [0.4, 0.5) is 17.1 Å². The molecule has 0 aliphatic carbocycles. The van der Waals surface area contributed by atoms with Crippen molar-refractivity contribution in [2.45, 2.75) is 13.8 Å². The minimum absolute atomic E-state index is 0.0323. The monoisotopic (exact) mass is 571 g/mol. The summed E-state index contributed by atoms with van der Waals surface area (Å²) in [4.78, 5) is 39.5. The van der Waals surface area contributed by atoms with Gasteiger partial charge in [0, 0.05) is 20.5 Å². The van der Waals surface area contributed by atoms with Crippen molar-refractivity contribution in [2.24, 2.45) is 0 Å². The summed E-state index contributed by atoms with van der Waals surface area (Å²) in [5.41, 5.74) is 3.95. The Kier molecular flexibility index (Phi) is 6.53. The molecule has 0 saturated carbocycles. The third-order valence-corrected chi connectivity index (χ3v) is 6.34. The first-order valence-corrected chi connectivity index (χ1v) is 11.5. The van der Waals surface area contributed by atoms with Crippen molar-refractivity contribution in [3.63, 3.8) is 0 Å². The number of hydrogen-bond acceptors (Lipinski definition) is 4. The lowest BCUT2D eigenvalue weighted by Crippen LogP contribution is -2.32. The van der Waals surface area contributed by atoms with Gasteiger partial charge in [0.05, 0.1) is 5.69 Å². The van der Waals surface area contributed by atoms with Gasteiger partial charge in [0.25, 0.3) is 17.7 Å². The highest BCUT2D eigenvalue weighted by atomic mass is 127. The number of nitrogens with zero attached hydrogens (tertiary/aromatic N) is 1. The molecule has 6 nitrogen and oxygen atoms in total. The van der Waals surface area contributed by atoms with Crippen LogP contribution in [0.3, 0.4) is 0 Å². The Morgan fingerprint density at radius 2 is 1.61 bits per heavy atom. The van der Waals surface area contributed by atoms with E-state index in [1.807, 2.05) is 44.2 Å². The van der Waals surface area contributed by atoms with Crippen LogP contribution >= 0.6 is 34.2 Å². The van der Waals surface area contributed by atoms with Gasteiger partial charge in [0.2, 0.25) is 0 Å². The summed E-state index contributed by atoms with van der Waals surface area (Å²) < 4.78 is 1.06. The van der Waals surface area contributed by atoms with E-state index in [2.05, 4.69) is 33.2 Å². The number of benzene rings is 3. The van der Waals surface area contributed by atoms with E-state index in [1.54, 1.807) is 36.4 Å². The van der Waals surface area contributed by atoms with E-state index in [4.69, 9.17) is 11.6 Å². The largest absolute Gasteiger partial charge is 0.350 e. The molecule has 3 amide bonds. The smallest absolute Gasteiger partial charge is 0.283 e. The minimum atomic E-state index is -0.597. The second-order valence-electron chi connectivity index (χ2n) is 7.57. The molecule has 0 bridgehead atoms. The molecule has 3 aromatic rings. The van der Waals surface area contributed by atoms with Crippen LogP contribution in [0, 0.1) is 17.4 Å². The SMILES string of the molecule is Cc1ccc(N2C(=O)C(Cl)=C(Nc3cccc(C(=O)Nc4ccc(I)cc4)c3)C2=O)cc1C. The first-order valence-electron chi connectivity index (χ1n) is 10.0. The van der Waals surface area contributed by atoms with Crippen LogP contribution in [-0.2, 0) is 9.59 Å². The van der Waals surface area contributed by atoms with Gasteiger partial charge >= 0.3 is 0 Å². The van der Waals surface area contributed by atoms with Crippen molar-refractivity contribution in [1.82, 2.24) is 0 Å². The first-order chi connectivity index (χ1) is 15.7. The molecule has 0 fully saturated rings. The van der Waals surface area contributed by atoms with E-state index < -0.39 is 11.8 Å². The fourth-order valence-corrected chi connectivity index (χ4v) is 3.90. The number of amides is 3. The Morgan fingerprint density at radius 1 is 0.879 bits per heavy atom. The molecule has 4 rings (SSSR count). The molecule has 1 heterocycles. The maximum Gasteiger partial charge on any atom is 0.283 e. The van der Waals surface area contributed by atoms with Gasteiger partial charge in [-0.05, 0) is 102 Å². The first kappa shape index (κ1) is 23.0. The highest BCUT2D eigenvalue weighted by Crippen LogP contribution is 2.31. The molecule has 0 aromatic heterocycles. The molecule has 166 valence electrons. The van der Waals surface area contributed by atoms with E-state index in [0.717, 1.165) is 19.6 Å². The Hall–Kier alpha value is -3.17. The number of anilines is 3. The predicted molar refractivity (Wildman–Crippen MR) is 138 cm³/mol. The molecule has 2 N–H and O–H groups in total. The van der Waals surface area contributed by atoms with Gasteiger partial charge in [-0.2, -0.15) is 0 Å². The summed E-state index contributed by atoms with van der Waals surface area (Å²) in [6.07, 6.45) is 0. The van der Waals surface area contributed by atoms with Crippen LogP contribution in [0.15, 0.2) is 77.5 Å². The highest BCUT2D eigenvalue weighted by Gasteiger charge is 2.39. The summed E-state index contributed by atoms with van der Waals surface area (Å²) in [7, 11) is 0. The molecular weight excluding hydrogens is 553 g/mol. The van der Waals surface area contributed by atoms with Gasteiger partial charge in [-0.15, -0.1) is 0 Å². The lowest BCUT2D eigenvalue weighted by molar-refractivity contribution is -0.120. The standard InChI is InChI=1S/C25H19ClIN3O3/c1-14-6-11-20(12-15(14)2)30-24(32)21(26)22(25(30)33)28-19-5-3-4-16(13-19)23(31)29-18-9-7-17(27)8-10-18/h3-13,28H,1-2H3,(H,29,31). The maximum atomic E-state index is 13.0. The summed E-state index contributed by atoms with van der Waals surface area (Å²) in [5, 5.41) is 5.55. The van der Waals surface area contributed by atoms with Crippen LogP contribution in [0.2, 0.25) is 0 Å². The number of imide groups is 1. The zero-order chi connectivity index (χ0) is 23.7. The quantitative estimate of drug-likeness (QED) is 0.309. The lowest BCUT2D eigenvalue weighted by atomic mass is 10.1. The van der Waals surface area contributed by atoms with Crippen LogP contribution in [-0.4, -0.2) is 17.7 Å². The second-order valence-corrected chi connectivity index (χ2v) is 9.19. The molecule has 33 heavy (non-hydrogen) atoms. The van der Waals surface area contributed by atoms with E-state index >= 15 is 0 Å². The van der Waals surface area contributed by atoms with Crippen molar-refractivity contribution in [2.75, 3.05) is 15.5 Å². The molecule has 3 aromatic carbocycles. The van der Waals surface area contributed by atoms with E-state index in [-0.39, 0.29) is 16.6 Å². The summed E-state index contributed by atoms with van der Waals surface area (Å²) >= 11 is 8.43. The van der Waals surface area contributed by atoms with Crippen LogP contribution in [0.5, 0.6) is 0 Å². The zero-order valence-corrected chi connectivity index (χ0v) is 20.7. The summed E-state index contributed by atoms with van der Waals surface area (Å²) in [6.45, 7) is 3.86. The average molecular weight is 572 g/mol. The molecule has 0 radical (unpaired) electrons. The third-order valence-electron chi connectivity index (χ3n) is 5.27. The number of hydrogen-bond donors (Lipinski definition) is 2. The fourth-order valence-electron chi connectivity index (χ4n) is 3.33. The molecule has 0 unspecified atom stereocenters. The van der Waals surface area contributed by atoms with Crippen molar-refractivity contribution in [3.05, 3.63) is 97.7 Å². The van der Waals surface area contributed by atoms with E-state index in [1.165, 1.54) is 0 Å². The van der Waals surface area contributed by atoms with E-state index in [0.29, 0.717) is 22.6 Å². The third kappa shape index (κ3) is 4.79. The number of aryl methyl sites for hydroxylation is 2. The van der Waals surface area contributed by atoms with Crippen molar-refractivity contribution in [1.29, 1.82) is 0 Å². The molecule has 1 aliphatic rings. The van der Waals surface area contributed by atoms with Crippen LogP contribution in [0.1, 0.15) is 21.5 Å². The summed E-state index contributed by atoms with van der Waals surface area (Å²) in [5.74, 6) is -1.45. The minimum Gasteiger partial charge on any atom is -0.350 e. The predicted octanol–water partition coefficient (Wildman–Crippen LogP) is 5.60. The van der Waals surface area contributed by atoms with E-state index in [9.17, 15) is 14.4 Å². The van der Waals surface area contributed by atoms with Crippen molar-refractivity contribution in [3.8, 4) is 0 Å². The Balaban J connectivity index is 1.54. The van der Waals surface area contributed by atoms with Gasteiger partial charge in [-0.3, -0.25) is 14.4 Å². The maximum absolute atomic E-state index is 13.0. The van der Waals surface area contributed by atoms with Gasteiger partial charge in [-0.25, -0.2) is 4.90 Å². The normalized spacial score (nSPS) is 13.5. The molecule has 0 atom stereocenters. The topological polar surface area (TPSA) is 78.5 Å². The number of carbonyl (C=O) groups excluding carboxylic acids is 3. The van der Waals surface area contributed by atoms with Gasteiger partial charge in [-0.1, -0.05) is 23.7 Å². The van der Waals surface area contributed by atoms with Crippen LogP contribution in [0.25, 0.3) is 0 Å². The Morgan fingerprint density at radius 3 is 2.30 bits per heavy atom. The average Bonchev–Trinajstić information content (AvgIpc) is 3.00. The van der Waals surface area contributed by atoms with Gasteiger partial charge < -0.3 is 10.6 Å². The molecular formula is C25H19ClIN3O3. The lowest BCUT2D eigenvalue weighted by Gasteiger charge is -2.16. The van der Waals surface area contributed by atoms with Crippen molar-refractivity contribution >= 4 is 69.0 Å².